The smallest absolute Gasteiger partial charge is 0.211 e. The molecule has 1 saturated heterocycles. The minimum absolute atomic E-state index is 0.0185. The number of hydrogen-bond acceptors (Lipinski definition) is 3. The van der Waals surface area contributed by atoms with Gasteiger partial charge in [-0.25, -0.2) is 13.1 Å². The van der Waals surface area contributed by atoms with Gasteiger partial charge < -0.3 is 4.74 Å². The lowest BCUT2D eigenvalue weighted by Gasteiger charge is -2.26. The minimum Gasteiger partial charge on any atom is -0.378 e. The second-order valence-corrected chi connectivity index (χ2v) is 4.30. The Hall–Kier alpha value is -0.130. The SMILES string of the molecule is CCS(=O)(=O)NC1COC1. The molecule has 0 aromatic rings. The fourth-order valence-corrected chi connectivity index (χ4v) is 1.45. The molecule has 1 rings (SSSR count). The maximum Gasteiger partial charge on any atom is 0.211 e. The van der Waals surface area contributed by atoms with E-state index in [1.165, 1.54) is 0 Å². The summed E-state index contributed by atoms with van der Waals surface area (Å²) < 4.78 is 29.0. The van der Waals surface area contributed by atoms with Crippen molar-refractivity contribution in [3.05, 3.63) is 0 Å². The molecular weight excluding hydrogens is 154 g/mol. The summed E-state index contributed by atoms with van der Waals surface area (Å²) in [6, 6.07) is 0.0185. The zero-order valence-electron chi connectivity index (χ0n) is 5.83. The van der Waals surface area contributed by atoms with Crippen molar-refractivity contribution in [1.82, 2.24) is 4.72 Å². The van der Waals surface area contributed by atoms with Gasteiger partial charge in [-0.2, -0.15) is 0 Å². The highest BCUT2D eigenvalue weighted by Gasteiger charge is 2.22. The van der Waals surface area contributed by atoms with Gasteiger partial charge in [-0.05, 0) is 6.92 Å². The van der Waals surface area contributed by atoms with Crippen LogP contribution in [0.3, 0.4) is 0 Å². The minimum atomic E-state index is -3.01. The maximum atomic E-state index is 10.8. The van der Waals surface area contributed by atoms with Crippen molar-refractivity contribution in [1.29, 1.82) is 0 Å². The van der Waals surface area contributed by atoms with Crippen molar-refractivity contribution >= 4 is 10.0 Å². The molecule has 0 aromatic heterocycles. The fraction of sp³-hybridized carbons (Fsp3) is 1.00. The molecule has 0 radical (unpaired) electrons. The van der Waals surface area contributed by atoms with Crippen molar-refractivity contribution in [2.45, 2.75) is 13.0 Å². The number of nitrogens with one attached hydrogen (secondary N) is 1. The molecule has 1 fully saturated rings. The van der Waals surface area contributed by atoms with E-state index in [4.69, 9.17) is 4.74 Å². The van der Waals surface area contributed by atoms with E-state index >= 15 is 0 Å². The molecule has 0 saturated carbocycles. The van der Waals surface area contributed by atoms with E-state index in [1.807, 2.05) is 0 Å². The molecule has 0 aliphatic carbocycles. The summed E-state index contributed by atoms with van der Waals surface area (Å²) in [6.45, 7) is 2.64. The first kappa shape index (κ1) is 7.97. The second-order valence-electron chi connectivity index (χ2n) is 2.26. The van der Waals surface area contributed by atoms with Crippen molar-refractivity contribution in [2.75, 3.05) is 19.0 Å². The molecular formula is C5H11NO3S. The molecule has 0 atom stereocenters. The predicted molar refractivity (Wildman–Crippen MR) is 37.2 cm³/mol. The van der Waals surface area contributed by atoms with Gasteiger partial charge in [0.05, 0.1) is 25.0 Å². The van der Waals surface area contributed by atoms with E-state index in [2.05, 4.69) is 4.72 Å². The van der Waals surface area contributed by atoms with Crippen LogP contribution >= 0.6 is 0 Å². The monoisotopic (exact) mass is 165 g/mol. The topological polar surface area (TPSA) is 55.4 Å². The third-order valence-corrected chi connectivity index (χ3v) is 2.82. The fourth-order valence-electron chi connectivity index (χ4n) is 0.641. The van der Waals surface area contributed by atoms with Gasteiger partial charge >= 0.3 is 0 Å². The Morgan fingerprint density at radius 2 is 2.20 bits per heavy atom. The van der Waals surface area contributed by atoms with Crippen molar-refractivity contribution < 1.29 is 13.2 Å². The van der Waals surface area contributed by atoms with Crippen LogP contribution in [0.4, 0.5) is 0 Å². The highest BCUT2D eigenvalue weighted by atomic mass is 32.2. The Morgan fingerprint density at radius 1 is 1.60 bits per heavy atom. The van der Waals surface area contributed by atoms with E-state index < -0.39 is 10.0 Å². The van der Waals surface area contributed by atoms with Crippen LogP contribution in [-0.4, -0.2) is 33.4 Å². The molecule has 1 aliphatic heterocycles. The predicted octanol–water partition coefficient (Wildman–Crippen LogP) is -0.675. The summed E-state index contributed by atoms with van der Waals surface area (Å²) in [5.41, 5.74) is 0. The molecule has 5 heteroatoms. The first-order chi connectivity index (χ1) is 4.64. The Kier molecular flexibility index (Phi) is 2.28. The summed E-state index contributed by atoms with van der Waals surface area (Å²) >= 11 is 0. The van der Waals surface area contributed by atoms with E-state index in [-0.39, 0.29) is 11.8 Å². The van der Waals surface area contributed by atoms with Gasteiger partial charge in [-0.3, -0.25) is 0 Å². The normalized spacial score (nSPS) is 20.5. The van der Waals surface area contributed by atoms with Crippen LogP contribution in [0.15, 0.2) is 0 Å². The van der Waals surface area contributed by atoms with Crippen LogP contribution in [0.25, 0.3) is 0 Å². The first-order valence-electron chi connectivity index (χ1n) is 3.22. The average molecular weight is 165 g/mol. The molecule has 1 aliphatic rings. The standard InChI is InChI=1S/C5H11NO3S/c1-2-10(7,8)6-5-3-9-4-5/h5-6H,2-4H2,1H3. The highest BCUT2D eigenvalue weighted by Crippen LogP contribution is 2.01. The zero-order chi connectivity index (χ0) is 7.61. The molecule has 0 amide bonds. The molecule has 0 aromatic carbocycles. The molecule has 1 heterocycles. The van der Waals surface area contributed by atoms with Crippen LogP contribution in [0.1, 0.15) is 6.92 Å². The van der Waals surface area contributed by atoms with Gasteiger partial charge in [0.1, 0.15) is 0 Å². The molecule has 0 spiro atoms. The largest absolute Gasteiger partial charge is 0.378 e. The summed E-state index contributed by atoms with van der Waals surface area (Å²) in [4.78, 5) is 0. The quantitative estimate of drug-likeness (QED) is 0.603. The highest BCUT2D eigenvalue weighted by molar-refractivity contribution is 7.89. The van der Waals surface area contributed by atoms with Crippen LogP contribution in [0.2, 0.25) is 0 Å². The summed E-state index contributed by atoms with van der Waals surface area (Å²) in [6.07, 6.45) is 0. The molecule has 4 nitrogen and oxygen atoms in total. The molecule has 60 valence electrons. The van der Waals surface area contributed by atoms with E-state index in [0.717, 1.165) is 0 Å². The van der Waals surface area contributed by atoms with Gasteiger partial charge in [0.25, 0.3) is 0 Å². The van der Waals surface area contributed by atoms with Crippen molar-refractivity contribution in [3.63, 3.8) is 0 Å². The number of rotatable bonds is 3. The van der Waals surface area contributed by atoms with Gasteiger partial charge in [0.15, 0.2) is 0 Å². The van der Waals surface area contributed by atoms with Gasteiger partial charge in [0, 0.05) is 0 Å². The van der Waals surface area contributed by atoms with Gasteiger partial charge in [-0.1, -0.05) is 0 Å². The van der Waals surface area contributed by atoms with E-state index in [1.54, 1.807) is 6.92 Å². The molecule has 0 unspecified atom stereocenters. The summed E-state index contributed by atoms with van der Waals surface area (Å²) in [7, 11) is -3.01. The first-order valence-corrected chi connectivity index (χ1v) is 4.87. The lowest BCUT2D eigenvalue weighted by molar-refractivity contribution is 0.00484. The number of sulfonamides is 1. The molecule has 1 N–H and O–H groups in total. The second kappa shape index (κ2) is 2.86. The lowest BCUT2D eigenvalue weighted by Crippen LogP contribution is -2.48. The average Bonchev–Trinajstić information content (AvgIpc) is 1.80. The Bertz CT molecular complexity index is 195. The van der Waals surface area contributed by atoms with E-state index in [0.29, 0.717) is 13.2 Å². The molecule has 0 bridgehead atoms. The summed E-state index contributed by atoms with van der Waals surface area (Å²) in [5, 5.41) is 0. The Morgan fingerprint density at radius 3 is 2.50 bits per heavy atom. The third-order valence-electron chi connectivity index (χ3n) is 1.36. The van der Waals surface area contributed by atoms with Crippen LogP contribution in [0, 0.1) is 0 Å². The maximum absolute atomic E-state index is 10.8. The third kappa shape index (κ3) is 1.93. The van der Waals surface area contributed by atoms with Crippen LogP contribution in [0.5, 0.6) is 0 Å². The van der Waals surface area contributed by atoms with Gasteiger partial charge in [-0.15, -0.1) is 0 Å². The van der Waals surface area contributed by atoms with E-state index in [9.17, 15) is 8.42 Å². The lowest BCUT2D eigenvalue weighted by atomic mass is 10.3. The molecule has 10 heavy (non-hydrogen) atoms. The number of ether oxygens (including phenoxy) is 1. The van der Waals surface area contributed by atoms with Crippen molar-refractivity contribution in [2.24, 2.45) is 0 Å². The van der Waals surface area contributed by atoms with Crippen LogP contribution < -0.4 is 4.72 Å². The number of hydrogen-bond donors (Lipinski definition) is 1. The Balaban J connectivity index is 2.36. The summed E-state index contributed by atoms with van der Waals surface area (Å²) in [5.74, 6) is 0.142. The van der Waals surface area contributed by atoms with Crippen LogP contribution in [-0.2, 0) is 14.8 Å². The van der Waals surface area contributed by atoms with Gasteiger partial charge in [0.2, 0.25) is 10.0 Å². The Labute approximate surface area is 60.6 Å². The van der Waals surface area contributed by atoms with Crippen molar-refractivity contribution in [3.8, 4) is 0 Å². The zero-order valence-corrected chi connectivity index (χ0v) is 6.65.